The highest BCUT2D eigenvalue weighted by Crippen LogP contribution is 2.36. The van der Waals surface area contributed by atoms with Crippen molar-refractivity contribution in [1.82, 2.24) is 25.4 Å². The van der Waals surface area contributed by atoms with Crippen LogP contribution >= 0.6 is 0 Å². The Morgan fingerprint density at radius 3 is 2.73 bits per heavy atom. The normalized spacial score (nSPS) is 11.0. The zero-order chi connectivity index (χ0) is 18.3. The van der Waals surface area contributed by atoms with Crippen LogP contribution in [0.4, 0.5) is 5.69 Å². The monoisotopic (exact) mass is 345 g/mol. The molecule has 26 heavy (non-hydrogen) atoms. The minimum atomic E-state index is -0.619. The Morgan fingerprint density at radius 2 is 2.00 bits per heavy atom. The lowest BCUT2D eigenvalue weighted by molar-refractivity contribution is 0.100. The van der Waals surface area contributed by atoms with E-state index in [4.69, 9.17) is 16.5 Å². The third kappa shape index (κ3) is 2.44. The molecule has 0 aliphatic heterocycles. The van der Waals surface area contributed by atoms with Crippen LogP contribution in [0.5, 0.6) is 0 Å². The van der Waals surface area contributed by atoms with Crippen LogP contribution in [0.25, 0.3) is 33.4 Å². The molecule has 0 unspecified atom stereocenters. The number of nitrogens with one attached hydrogen (secondary N) is 1. The summed E-state index contributed by atoms with van der Waals surface area (Å²) < 4.78 is 0. The molecule has 0 radical (unpaired) electrons. The number of rotatable bonds is 3. The molecule has 0 aliphatic carbocycles. The van der Waals surface area contributed by atoms with Gasteiger partial charge >= 0.3 is 0 Å². The van der Waals surface area contributed by atoms with Crippen molar-refractivity contribution in [3.63, 3.8) is 0 Å². The van der Waals surface area contributed by atoms with E-state index in [0.29, 0.717) is 17.0 Å². The second kappa shape index (κ2) is 5.92. The number of nitrogens with two attached hydrogens (primary N) is 2. The van der Waals surface area contributed by atoms with Gasteiger partial charge < -0.3 is 11.5 Å². The third-order valence-corrected chi connectivity index (χ3v) is 4.27. The summed E-state index contributed by atoms with van der Waals surface area (Å²) in [5.41, 5.74) is 16.6. The van der Waals surface area contributed by atoms with Crippen LogP contribution in [0, 0.1) is 6.92 Å². The summed E-state index contributed by atoms with van der Waals surface area (Å²) in [4.78, 5) is 16.7. The molecule has 0 aliphatic rings. The Morgan fingerprint density at radius 1 is 1.15 bits per heavy atom. The molecule has 4 rings (SSSR count). The topological polar surface area (TPSA) is 136 Å². The number of amides is 1. The number of anilines is 1. The van der Waals surface area contributed by atoms with E-state index in [1.54, 1.807) is 30.7 Å². The first kappa shape index (κ1) is 15.7. The first-order valence-electron chi connectivity index (χ1n) is 7.86. The second-order valence-electron chi connectivity index (χ2n) is 5.90. The number of carbonyl (C=O) groups excluding carboxylic acids is 1. The summed E-state index contributed by atoms with van der Waals surface area (Å²) >= 11 is 0. The number of fused-ring (bicyclic) bond motifs is 1. The van der Waals surface area contributed by atoms with Gasteiger partial charge in [-0.15, -0.1) is 0 Å². The van der Waals surface area contributed by atoms with Crippen LogP contribution < -0.4 is 11.5 Å². The number of carbonyl (C=O) groups is 1. The zero-order valence-corrected chi connectivity index (χ0v) is 13.9. The van der Waals surface area contributed by atoms with Gasteiger partial charge in [0.2, 0.25) is 0 Å². The molecule has 8 heteroatoms. The number of H-pyrrole nitrogens is 1. The van der Waals surface area contributed by atoms with E-state index in [-0.39, 0.29) is 11.3 Å². The van der Waals surface area contributed by atoms with E-state index in [1.807, 2.05) is 19.1 Å². The highest BCUT2D eigenvalue weighted by Gasteiger charge is 2.20. The van der Waals surface area contributed by atoms with E-state index >= 15 is 0 Å². The van der Waals surface area contributed by atoms with Gasteiger partial charge in [-0.05, 0) is 30.7 Å². The molecule has 0 atom stereocenters. The van der Waals surface area contributed by atoms with Crippen molar-refractivity contribution in [2.24, 2.45) is 5.73 Å². The van der Waals surface area contributed by atoms with Crippen LogP contribution in [0.15, 0.2) is 42.9 Å². The van der Waals surface area contributed by atoms with Crippen molar-refractivity contribution >= 4 is 22.5 Å². The van der Waals surface area contributed by atoms with Gasteiger partial charge in [0.15, 0.2) is 0 Å². The predicted octanol–water partition coefficient (Wildman–Crippen LogP) is 2.07. The van der Waals surface area contributed by atoms with Crippen molar-refractivity contribution in [3.8, 4) is 22.5 Å². The molecule has 0 saturated heterocycles. The number of nitrogen functional groups attached to an aromatic ring is 1. The first-order chi connectivity index (χ1) is 12.6. The highest BCUT2D eigenvalue weighted by molar-refractivity contribution is 6.05. The largest absolute Gasteiger partial charge is 0.396 e. The molecule has 0 saturated carbocycles. The lowest BCUT2D eigenvalue weighted by Crippen LogP contribution is -2.15. The maximum atomic E-state index is 12.0. The molecule has 4 aromatic rings. The number of hydrogen-bond acceptors (Lipinski definition) is 6. The summed E-state index contributed by atoms with van der Waals surface area (Å²) in [6, 6.07) is 7.21. The van der Waals surface area contributed by atoms with Gasteiger partial charge in [0.25, 0.3) is 5.91 Å². The molecule has 3 aromatic heterocycles. The number of pyridine rings is 1. The minimum absolute atomic E-state index is 0.210. The molecule has 3 heterocycles. The van der Waals surface area contributed by atoms with Crippen molar-refractivity contribution in [1.29, 1.82) is 0 Å². The summed E-state index contributed by atoms with van der Waals surface area (Å²) in [6.07, 6.45) is 4.83. The van der Waals surface area contributed by atoms with E-state index in [1.165, 1.54) is 0 Å². The number of aromatic nitrogens is 5. The van der Waals surface area contributed by atoms with Crippen LogP contribution in [0.1, 0.15) is 15.9 Å². The van der Waals surface area contributed by atoms with Gasteiger partial charge in [-0.1, -0.05) is 6.07 Å². The quantitative estimate of drug-likeness (QED) is 0.520. The number of benzene rings is 1. The van der Waals surface area contributed by atoms with E-state index in [9.17, 15) is 4.79 Å². The molecular formula is C18H15N7O. The Labute approximate surface area is 148 Å². The fourth-order valence-corrected chi connectivity index (χ4v) is 2.98. The Kier molecular flexibility index (Phi) is 3.58. The number of nitrogens with zero attached hydrogens (tertiary/aromatic N) is 4. The molecule has 8 nitrogen and oxygen atoms in total. The molecule has 0 fully saturated rings. The van der Waals surface area contributed by atoms with Crippen molar-refractivity contribution in [2.45, 2.75) is 6.92 Å². The average molecular weight is 345 g/mol. The molecule has 0 spiro atoms. The van der Waals surface area contributed by atoms with E-state index in [2.05, 4.69) is 20.4 Å². The second-order valence-corrected chi connectivity index (χ2v) is 5.90. The summed E-state index contributed by atoms with van der Waals surface area (Å²) in [6.45, 7) is 1.95. The summed E-state index contributed by atoms with van der Waals surface area (Å²) in [5.74, 6) is -0.619. The molecule has 1 aromatic carbocycles. The highest BCUT2D eigenvalue weighted by atomic mass is 16.1. The molecule has 128 valence electrons. The number of aromatic amines is 1. The van der Waals surface area contributed by atoms with E-state index in [0.717, 1.165) is 22.0 Å². The average Bonchev–Trinajstić information content (AvgIpc) is 3.11. The summed E-state index contributed by atoms with van der Waals surface area (Å²) in [7, 11) is 0. The Balaban J connectivity index is 2.07. The molecule has 5 N–H and O–H groups in total. The maximum absolute atomic E-state index is 12.0. The van der Waals surface area contributed by atoms with Gasteiger partial charge in [0, 0.05) is 16.5 Å². The van der Waals surface area contributed by atoms with Gasteiger partial charge in [-0.25, -0.2) is 4.98 Å². The molecular weight excluding hydrogens is 330 g/mol. The smallest absolute Gasteiger partial charge is 0.250 e. The first-order valence-corrected chi connectivity index (χ1v) is 7.86. The summed E-state index contributed by atoms with van der Waals surface area (Å²) in [5, 5.41) is 15.5. The molecule has 1 amide bonds. The lowest BCUT2D eigenvalue weighted by Gasteiger charge is -2.14. The van der Waals surface area contributed by atoms with Gasteiger partial charge in [0.1, 0.15) is 0 Å². The maximum Gasteiger partial charge on any atom is 0.250 e. The van der Waals surface area contributed by atoms with Gasteiger partial charge in [0.05, 0.1) is 46.7 Å². The minimum Gasteiger partial charge on any atom is -0.396 e. The standard InChI is InChI=1S/C18H15N7O/c1-9-2-3-13-12(8-23-25-13)15(9)17-16(19)11(18(20)26)6-14(24-17)10-4-5-21-22-7-10/h2-8H,19H2,1H3,(H2,20,26)(H,23,25). The molecule has 0 bridgehead atoms. The van der Waals surface area contributed by atoms with Crippen molar-refractivity contribution in [2.75, 3.05) is 5.73 Å². The SMILES string of the molecule is Cc1ccc2[nH]ncc2c1-c1nc(-c2ccnnc2)cc(C(N)=O)c1N. The van der Waals surface area contributed by atoms with Crippen LogP contribution in [0.3, 0.4) is 0 Å². The third-order valence-electron chi connectivity index (χ3n) is 4.27. The number of aryl methyl sites for hydroxylation is 1. The van der Waals surface area contributed by atoms with Crippen molar-refractivity contribution < 1.29 is 4.79 Å². The van der Waals surface area contributed by atoms with Crippen molar-refractivity contribution in [3.05, 3.63) is 54.0 Å². The number of primary amides is 1. The fourth-order valence-electron chi connectivity index (χ4n) is 2.98. The zero-order valence-electron chi connectivity index (χ0n) is 13.9. The van der Waals surface area contributed by atoms with Crippen LogP contribution in [-0.4, -0.2) is 31.3 Å². The predicted molar refractivity (Wildman–Crippen MR) is 98.0 cm³/mol. The Hall–Kier alpha value is -3.81. The van der Waals surface area contributed by atoms with Crippen LogP contribution in [0.2, 0.25) is 0 Å². The van der Waals surface area contributed by atoms with E-state index < -0.39 is 5.91 Å². The lowest BCUT2D eigenvalue weighted by atomic mass is 9.97. The fraction of sp³-hybridized carbons (Fsp3) is 0.0556. The number of hydrogen-bond donors (Lipinski definition) is 3. The van der Waals surface area contributed by atoms with Gasteiger partial charge in [-0.3, -0.25) is 9.89 Å². The van der Waals surface area contributed by atoms with Gasteiger partial charge in [-0.2, -0.15) is 15.3 Å². The Bertz CT molecular complexity index is 1140. The van der Waals surface area contributed by atoms with Crippen LogP contribution in [-0.2, 0) is 0 Å².